The fourth-order valence-electron chi connectivity index (χ4n) is 8.24. The molecule has 0 fully saturated rings. The molecule has 0 saturated heterocycles. The van der Waals surface area contributed by atoms with E-state index in [9.17, 15) is 0 Å². The summed E-state index contributed by atoms with van der Waals surface area (Å²) >= 11 is 0. The summed E-state index contributed by atoms with van der Waals surface area (Å²) < 4.78 is 13.1. The topological polar surface area (TPSA) is 35.9 Å². The Kier molecular flexibility index (Phi) is 10.6. The van der Waals surface area contributed by atoms with Crippen molar-refractivity contribution in [3.05, 3.63) is 200 Å². The van der Waals surface area contributed by atoms with E-state index >= 15 is 0 Å². The van der Waals surface area contributed by atoms with Gasteiger partial charge in [-0.15, -0.1) is 29.7 Å². The third-order valence-electron chi connectivity index (χ3n) is 11.4. The van der Waals surface area contributed by atoms with Crippen LogP contribution in [0, 0.1) is 18.5 Å². The summed E-state index contributed by atoms with van der Waals surface area (Å²) in [7, 11) is 0. The second kappa shape index (κ2) is 16.1. The van der Waals surface area contributed by atoms with E-state index in [1.807, 2.05) is 30.5 Å². The van der Waals surface area contributed by atoms with Gasteiger partial charge in [-0.05, 0) is 74.0 Å². The minimum absolute atomic E-state index is 0. The minimum atomic E-state index is 0. The van der Waals surface area contributed by atoms with E-state index in [2.05, 4.69) is 206 Å². The first-order chi connectivity index (χ1) is 29.2. The molecule has 3 heterocycles. The van der Waals surface area contributed by atoms with Crippen molar-refractivity contribution in [2.75, 3.05) is 0 Å². The summed E-state index contributed by atoms with van der Waals surface area (Å²) in [5.74, 6) is 2.40. The van der Waals surface area contributed by atoms with Gasteiger partial charge in [-0.25, -0.2) is 4.98 Å². The zero-order chi connectivity index (χ0) is 41.0. The molecule has 0 aliphatic rings. The van der Waals surface area contributed by atoms with Gasteiger partial charge in [0.2, 0.25) is 0 Å². The Morgan fingerprint density at radius 3 is 2.00 bits per heavy atom. The number of para-hydroxylation sites is 3. The Labute approximate surface area is 371 Å². The number of pyridine rings is 1. The zero-order valence-electron chi connectivity index (χ0n) is 34.8. The van der Waals surface area contributed by atoms with Gasteiger partial charge < -0.3 is 13.9 Å². The molecule has 7 aromatic carbocycles. The molecule has 6 heteroatoms. The Morgan fingerprint density at radius 1 is 0.623 bits per heavy atom. The molecule has 0 amide bonds. The van der Waals surface area contributed by atoms with Gasteiger partial charge in [0, 0.05) is 44.3 Å². The second-order valence-corrected chi connectivity index (χ2v) is 16.7. The molecule has 10 aromatic rings. The Bertz CT molecular complexity index is 3140. The van der Waals surface area contributed by atoms with Crippen molar-refractivity contribution >= 4 is 32.8 Å². The van der Waals surface area contributed by atoms with Gasteiger partial charge in [-0.1, -0.05) is 155 Å². The van der Waals surface area contributed by atoms with Gasteiger partial charge in [0.1, 0.15) is 5.82 Å². The largest absolute Gasteiger partial charge is 0.510 e. The Hall–Kier alpha value is -6.55. The van der Waals surface area contributed by atoms with E-state index in [4.69, 9.17) is 9.72 Å². The van der Waals surface area contributed by atoms with E-state index in [1.54, 1.807) is 0 Å². The van der Waals surface area contributed by atoms with Crippen molar-refractivity contribution in [3.63, 3.8) is 0 Å². The maximum absolute atomic E-state index is 6.65. The van der Waals surface area contributed by atoms with Crippen LogP contribution in [0.3, 0.4) is 0 Å². The van der Waals surface area contributed by atoms with Crippen molar-refractivity contribution in [2.24, 2.45) is 0 Å². The average molecular weight is 972 g/mol. The molecule has 0 radical (unpaired) electrons. The monoisotopic (exact) mass is 971 g/mol. The molecule has 0 spiro atoms. The van der Waals surface area contributed by atoms with Crippen LogP contribution in [-0.4, -0.2) is 14.1 Å². The number of fused-ring (bicyclic) bond motifs is 4. The summed E-state index contributed by atoms with van der Waals surface area (Å²) in [6.07, 6.45) is 5.66. The van der Waals surface area contributed by atoms with Crippen LogP contribution in [-0.2, 0) is 26.5 Å². The van der Waals surface area contributed by atoms with Crippen LogP contribution in [0.2, 0.25) is 0 Å². The first-order valence-electron chi connectivity index (χ1n) is 20.6. The number of benzene rings is 7. The fraction of sp³-hybridized carbons (Fsp3) is 0.127. The predicted octanol–water partition coefficient (Wildman–Crippen LogP) is 13.3. The van der Waals surface area contributed by atoms with Crippen LogP contribution in [0.15, 0.2) is 170 Å². The molecule has 0 aliphatic carbocycles. The van der Waals surface area contributed by atoms with E-state index in [-0.39, 0.29) is 26.5 Å². The molecule has 0 unspecified atom stereocenters. The van der Waals surface area contributed by atoms with Gasteiger partial charge in [-0.3, -0.25) is 4.57 Å². The van der Waals surface area contributed by atoms with Crippen LogP contribution in [0.25, 0.3) is 72.3 Å². The normalized spacial score (nSPS) is 11.7. The van der Waals surface area contributed by atoms with E-state index < -0.39 is 0 Å². The molecule has 0 atom stereocenters. The van der Waals surface area contributed by atoms with Crippen molar-refractivity contribution in [1.82, 2.24) is 14.1 Å². The quantitative estimate of drug-likeness (QED) is 0.112. The number of aromatic nitrogens is 4. The van der Waals surface area contributed by atoms with Crippen LogP contribution >= 0.6 is 0 Å². The number of ether oxygens (including phenoxy) is 1. The zero-order valence-corrected chi connectivity index (χ0v) is 37.0. The van der Waals surface area contributed by atoms with Gasteiger partial charge in [0.15, 0.2) is 0 Å². The number of hydrogen-bond donors (Lipinski definition) is 0. The van der Waals surface area contributed by atoms with Crippen molar-refractivity contribution in [2.45, 2.75) is 46.0 Å². The summed E-state index contributed by atoms with van der Waals surface area (Å²) in [5, 5.41) is 2.26. The molecule has 302 valence electrons. The maximum Gasteiger partial charge on any atom is 0.268 e. The fourth-order valence-corrected chi connectivity index (χ4v) is 8.24. The minimum Gasteiger partial charge on any atom is -0.510 e. The van der Waals surface area contributed by atoms with Gasteiger partial charge in [-0.2, -0.15) is 18.2 Å². The van der Waals surface area contributed by atoms with Gasteiger partial charge >= 0.3 is 0 Å². The molecule has 0 bridgehead atoms. The average Bonchev–Trinajstić information content (AvgIpc) is 3.82. The predicted molar refractivity (Wildman–Crippen MR) is 244 cm³/mol. The number of imidazole rings is 1. The summed E-state index contributed by atoms with van der Waals surface area (Å²) in [5.41, 5.74) is 12.9. The number of hydrogen-bond acceptors (Lipinski definition) is 2. The molecular formula is C55H44N4OPt-2. The molecular weight excluding hydrogens is 928 g/mol. The number of rotatable bonds is 8. The third kappa shape index (κ3) is 7.38. The summed E-state index contributed by atoms with van der Waals surface area (Å²) in [4.78, 5) is 4.88. The smallest absolute Gasteiger partial charge is 0.268 e. The summed E-state index contributed by atoms with van der Waals surface area (Å²) in [6.45, 7) is 11.2. The Balaban J connectivity index is 0.00000476. The molecule has 10 rings (SSSR count). The summed E-state index contributed by atoms with van der Waals surface area (Å²) in [6, 6.07) is 64.5. The van der Waals surface area contributed by atoms with Gasteiger partial charge in [0.05, 0.1) is 16.7 Å². The Morgan fingerprint density at radius 2 is 1.30 bits per heavy atom. The van der Waals surface area contributed by atoms with Crippen molar-refractivity contribution in [3.8, 4) is 50.9 Å². The van der Waals surface area contributed by atoms with Crippen LogP contribution < -0.4 is 9.30 Å². The standard InChI is InChI=1S/C55H44N4O.Pt/c1-37(2)40-30-31-56-53(32-40)59-49-29-26-41(55(3,4)5)33-48(49)47-28-27-44(35-52(47)59)60-43-21-14-20-42(34-43)57-36-58(51-25-13-12-24-50(51)57)54-45(38-16-8-6-9-17-38)22-15-23-46(54)39-18-10-7-11-19-39;/h6-33,37H,1-5H3;/q-2;. The van der Waals surface area contributed by atoms with Crippen molar-refractivity contribution in [1.29, 1.82) is 0 Å². The molecule has 3 aromatic heterocycles. The third-order valence-corrected chi connectivity index (χ3v) is 11.4. The molecule has 5 nitrogen and oxygen atoms in total. The molecule has 0 N–H and O–H groups in total. The molecule has 0 aliphatic heterocycles. The SMILES string of the molecule is CC(C)c1ccnc(-n2c3[c-]c(Oc4[c-]c(-n5[c-][n+](-c6c(-c7ccccc7)cccc6-c6ccccc6)c6ccccc65)ccc4)ccc3c3cc(C(C)(C)C)ccc32)c1.[Pt]. The van der Waals surface area contributed by atoms with Crippen molar-refractivity contribution < 1.29 is 30.4 Å². The second-order valence-electron chi connectivity index (χ2n) is 16.7. The van der Waals surface area contributed by atoms with Crippen LogP contribution in [0.5, 0.6) is 11.5 Å². The van der Waals surface area contributed by atoms with Gasteiger partial charge in [0.25, 0.3) is 6.33 Å². The van der Waals surface area contributed by atoms with E-state index in [1.165, 1.54) is 11.1 Å². The molecule has 0 saturated carbocycles. The maximum atomic E-state index is 6.65. The van der Waals surface area contributed by atoms with E-state index in [0.717, 1.165) is 72.3 Å². The first kappa shape index (κ1) is 39.9. The number of nitrogens with zero attached hydrogens (tertiary/aromatic N) is 4. The first-order valence-corrected chi connectivity index (χ1v) is 20.6. The molecule has 61 heavy (non-hydrogen) atoms. The van der Waals surface area contributed by atoms with Crippen LogP contribution in [0.1, 0.15) is 51.7 Å². The van der Waals surface area contributed by atoms with Crippen LogP contribution in [0.4, 0.5) is 0 Å². The van der Waals surface area contributed by atoms with E-state index in [0.29, 0.717) is 17.4 Å².